The SMILES string of the molecule is COc1ccc(C(=O)Nc2cc(C(F)(F)F)ccc2Cl)cc1COc1cccc(Cl)c1. The van der Waals surface area contributed by atoms with E-state index in [0.29, 0.717) is 22.1 Å². The van der Waals surface area contributed by atoms with E-state index in [1.54, 1.807) is 30.3 Å². The first-order valence-corrected chi connectivity index (χ1v) is 9.66. The van der Waals surface area contributed by atoms with E-state index in [4.69, 9.17) is 32.7 Å². The number of benzene rings is 3. The average molecular weight is 470 g/mol. The number of carbonyl (C=O) groups is 1. The summed E-state index contributed by atoms with van der Waals surface area (Å²) < 4.78 is 49.9. The molecule has 0 heterocycles. The number of carbonyl (C=O) groups excluding carboxylic acids is 1. The largest absolute Gasteiger partial charge is 0.496 e. The Morgan fingerprint density at radius 2 is 1.81 bits per heavy atom. The molecule has 0 radical (unpaired) electrons. The second-order valence-electron chi connectivity index (χ2n) is 6.42. The third-order valence-electron chi connectivity index (χ3n) is 4.27. The van der Waals surface area contributed by atoms with Crippen LogP contribution in [0.5, 0.6) is 11.5 Å². The lowest BCUT2D eigenvalue weighted by Gasteiger charge is -2.14. The second kappa shape index (κ2) is 9.49. The molecule has 0 saturated carbocycles. The maximum atomic E-state index is 13.0. The van der Waals surface area contributed by atoms with Crippen molar-refractivity contribution >= 4 is 34.8 Å². The molecule has 0 bridgehead atoms. The van der Waals surface area contributed by atoms with E-state index in [9.17, 15) is 18.0 Å². The number of methoxy groups -OCH3 is 1. The highest BCUT2D eigenvalue weighted by molar-refractivity contribution is 6.34. The number of rotatable bonds is 6. The number of alkyl halides is 3. The van der Waals surface area contributed by atoms with Gasteiger partial charge in [-0.05, 0) is 54.6 Å². The second-order valence-corrected chi connectivity index (χ2v) is 7.26. The lowest BCUT2D eigenvalue weighted by Crippen LogP contribution is -2.14. The molecule has 0 unspecified atom stereocenters. The van der Waals surface area contributed by atoms with Gasteiger partial charge in [0.2, 0.25) is 0 Å². The average Bonchev–Trinajstić information content (AvgIpc) is 2.72. The van der Waals surface area contributed by atoms with Crippen LogP contribution in [0.25, 0.3) is 0 Å². The van der Waals surface area contributed by atoms with E-state index < -0.39 is 17.6 Å². The van der Waals surface area contributed by atoms with Crippen LogP contribution >= 0.6 is 23.2 Å². The summed E-state index contributed by atoms with van der Waals surface area (Å²) in [5.41, 5.74) is -0.309. The Labute approximate surface area is 186 Å². The molecular weight excluding hydrogens is 454 g/mol. The van der Waals surface area contributed by atoms with Crippen LogP contribution in [-0.2, 0) is 12.8 Å². The molecule has 0 fully saturated rings. The smallest absolute Gasteiger partial charge is 0.416 e. The summed E-state index contributed by atoms with van der Waals surface area (Å²) in [6.45, 7) is 0.0783. The van der Waals surface area contributed by atoms with Crippen molar-refractivity contribution < 1.29 is 27.4 Å². The number of nitrogens with one attached hydrogen (secondary N) is 1. The summed E-state index contributed by atoms with van der Waals surface area (Å²) in [5, 5.41) is 2.91. The predicted octanol–water partition coefficient (Wildman–Crippen LogP) is 6.85. The molecule has 3 rings (SSSR count). The number of hydrogen-bond acceptors (Lipinski definition) is 3. The van der Waals surface area contributed by atoms with Gasteiger partial charge in [-0.2, -0.15) is 13.2 Å². The van der Waals surface area contributed by atoms with E-state index in [2.05, 4.69) is 5.32 Å². The van der Waals surface area contributed by atoms with Gasteiger partial charge in [0.25, 0.3) is 5.91 Å². The van der Waals surface area contributed by atoms with Gasteiger partial charge < -0.3 is 14.8 Å². The highest BCUT2D eigenvalue weighted by Crippen LogP contribution is 2.34. The monoisotopic (exact) mass is 469 g/mol. The molecular formula is C22H16Cl2F3NO3. The number of anilines is 1. The van der Waals surface area contributed by atoms with Crippen molar-refractivity contribution in [3.63, 3.8) is 0 Å². The molecule has 0 aromatic heterocycles. The quantitative estimate of drug-likeness (QED) is 0.429. The van der Waals surface area contributed by atoms with Crippen molar-refractivity contribution in [3.8, 4) is 11.5 Å². The van der Waals surface area contributed by atoms with Crippen molar-refractivity contribution in [1.82, 2.24) is 0 Å². The predicted molar refractivity (Wildman–Crippen MR) is 113 cm³/mol. The van der Waals surface area contributed by atoms with E-state index in [-0.39, 0.29) is 22.9 Å². The van der Waals surface area contributed by atoms with Gasteiger partial charge in [-0.15, -0.1) is 0 Å². The van der Waals surface area contributed by atoms with Crippen LogP contribution in [-0.4, -0.2) is 13.0 Å². The standard InChI is InChI=1S/C22H16Cl2F3NO3/c1-30-20-8-5-13(9-14(20)12-31-17-4-2-3-16(23)11-17)21(29)28-19-10-15(22(25,26)27)6-7-18(19)24/h2-11H,12H2,1H3,(H,28,29). The van der Waals surface area contributed by atoms with Crippen LogP contribution in [0.4, 0.5) is 18.9 Å². The zero-order valence-corrected chi connectivity index (χ0v) is 17.6. The van der Waals surface area contributed by atoms with Crippen molar-refractivity contribution in [2.45, 2.75) is 12.8 Å². The number of ether oxygens (including phenoxy) is 2. The van der Waals surface area contributed by atoms with Gasteiger partial charge in [0.1, 0.15) is 18.1 Å². The normalized spacial score (nSPS) is 11.2. The molecule has 3 aromatic carbocycles. The first-order valence-electron chi connectivity index (χ1n) is 8.91. The minimum atomic E-state index is -4.56. The molecule has 0 aliphatic rings. The molecule has 0 saturated heterocycles. The highest BCUT2D eigenvalue weighted by Gasteiger charge is 2.31. The van der Waals surface area contributed by atoms with Gasteiger partial charge in [0, 0.05) is 16.1 Å². The minimum Gasteiger partial charge on any atom is -0.496 e. The Kier molecular flexibility index (Phi) is 6.97. The van der Waals surface area contributed by atoms with E-state index in [1.807, 2.05) is 0 Å². The van der Waals surface area contributed by atoms with Gasteiger partial charge in [0.05, 0.1) is 23.4 Å². The number of halogens is 5. The maximum Gasteiger partial charge on any atom is 0.416 e. The molecule has 0 atom stereocenters. The zero-order chi connectivity index (χ0) is 22.6. The van der Waals surface area contributed by atoms with Crippen molar-refractivity contribution in [2.75, 3.05) is 12.4 Å². The van der Waals surface area contributed by atoms with Gasteiger partial charge in [-0.1, -0.05) is 29.3 Å². The molecule has 0 aliphatic heterocycles. The third kappa shape index (κ3) is 5.83. The Hall–Kier alpha value is -2.90. The summed E-state index contributed by atoms with van der Waals surface area (Å²) >= 11 is 11.9. The van der Waals surface area contributed by atoms with Crippen molar-refractivity contribution in [3.05, 3.63) is 87.4 Å². The number of amides is 1. The van der Waals surface area contributed by atoms with Crippen molar-refractivity contribution in [2.24, 2.45) is 0 Å². The molecule has 3 aromatic rings. The molecule has 0 spiro atoms. The van der Waals surface area contributed by atoms with Gasteiger partial charge in [-0.3, -0.25) is 4.79 Å². The fourth-order valence-corrected chi connectivity index (χ4v) is 3.09. The number of hydrogen-bond donors (Lipinski definition) is 1. The molecule has 4 nitrogen and oxygen atoms in total. The van der Waals surface area contributed by atoms with Crippen LogP contribution in [0.3, 0.4) is 0 Å². The van der Waals surface area contributed by atoms with Crippen LogP contribution in [0.1, 0.15) is 21.5 Å². The van der Waals surface area contributed by atoms with Crippen LogP contribution in [0.2, 0.25) is 10.0 Å². The zero-order valence-electron chi connectivity index (χ0n) is 16.1. The minimum absolute atomic E-state index is 0.0145. The van der Waals surface area contributed by atoms with Gasteiger partial charge in [-0.25, -0.2) is 0 Å². The van der Waals surface area contributed by atoms with Crippen LogP contribution in [0, 0.1) is 0 Å². The van der Waals surface area contributed by atoms with E-state index >= 15 is 0 Å². The fourth-order valence-electron chi connectivity index (χ4n) is 2.74. The van der Waals surface area contributed by atoms with Crippen molar-refractivity contribution in [1.29, 1.82) is 0 Å². The molecule has 31 heavy (non-hydrogen) atoms. The lowest BCUT2D eigenvalue weighted by molar-refractivity contribution is -0.137. The first kappa shape index (κ1) is 22.8. The topological polar surface area (TPSA) is 47.6 Å². The summed E-state index contributed by atoms with van der Waals surface area (Å²) in [6.07, 6.45) is -4.56. The highest BCUT2D eigenvalue weighted by atomic mass is 35.5. The first-order chi connectivity index (χ1) is 14.7. The van der Waals surface area contributed by atoms with Crippen LogP contribution in [0.15, 0.2) is 60.7 Å². The summed E-state index contributed by atoms with van der Waals surface area (Å²) in [5.74, 6) is 0.378. The molecule has 0 aliphatic carbocycles. The Balaban J connectivity index is 1.81. The lowest BCUT2D eigenvalue weighted by atomic mass is 10.1. The van der Waals surface area contributed by atoms with E-state index in [0.717, 1.165) is 18.2 Å². The van der Waals surface area contributed by atoms with Gasteiger partial charge in [0.15, 0.2) is 0 Å². The van der Waals surface area contributed by atoms with E-state index in [1.165, 1.54) is 19.2 Å². The summed E-state index contributed by atoms with van der Waals surface area (Å²) in [6, 6.07) is 14.1. The fraction of sp³-hybridized carbons (Fsp3) is 0.136. The molecule has 1 N–H and O–H groups in total. The molecule has 162 valence electrons. The molecule has 9 heteroatoms. The maximum absolute atomic E-state index is 13.0. The summed E-state index contributed by atoms with van der Waals surface area (Å²) in [4.78, 5) is 12.6. The Bertz CT molecular complexity index is 1100. The Morgan fingerprint density at radius 3 is 2.48 bits per heavy atom. The summed E-state index contributed by atoms with van der Waals surface area (Å²) in [7, 11) is 1.47. The Morgan fingerprint density at radius 1 is 1.03 bits per heavy atom. The molecule has 1 amide bonds. The van der Waals surface area contributed by atoms with Gasteiger partial charge >= 0.3 is 6.18 Å². The van der Waals surface area contributed by atoms with Crippen LogP contribution < -0.4 is 14.8 Å². The third-order valence-corrected chi connectivity index (χ3v) is 4.84.